The molecule has 0 fully saturated rings. The van der Waals surface area contributed by atoms with E-state index in [4.69, 9.17) is 0 Å². The second-order valence-corrected chi connectivity index (χ2v) is 5.90. The van der Waals surface area contributed by atoms with Gasteiger partial charge in [0.2, 0.25) is 0 Å². The van der Waals surface area contributed by atoms with Gasteiger partial charge in [0.05, 0.1) is 12.0 Å². The molecule has 0 saturated carbocycles. The van der Waals surface area contributed by atoms with Crippen molar-refractivity contribution in [1.29, 1.82) is 0 Å². The van der Waals surface area contributed by atoms with E-state index < -0.39 is 23.3 Å². The van der Waals surface area contributed by atoms with E-state index in [2.05, 4.69) is 9.07 Å². The topological polar surface area (TPSA) is 58.6 Å². The number of ether oxygens (including phenoxy) is 1. The Kier molecular flexibility index (Phi) is 4.66. The highest BCUT2D eigenvalue weighted by Crippen LogP contribution is 2.30. The fourth-order valence-corrected chi connectivity index (χ4v) is 2.66. The fraction of sp³-hybridized carbons (Fsp3) is 0.118. The van der Waals surface area contributed by atoms with Crippen molar-refractivity contribution in [1.82, 2.24) is 0 Å². The summed E-state index contributed by atoms with van der Waals surface area (Å²) in [5.74, 6) is -1.82. The smallest absolute Gasteiger partial charge is 0.412 e. The summed E-state index contributed by atoms with van der Waals surface area (Å²) >= 11 is -0.782. The number of hydrogen-bond acceptors (Lipinski definition) is 5. The molecule has 0 spiro atoms. The quantitative estimate of drug-likeness (QED) is 0.232. The predicted octanol–water partition coefficient (Wildman–Crippen LogP) is 3.57. The highest BCUT2D eigenvalue weighted by molar-refractivity contribution is 7.96. The van der Waals surface area contributed by atoms with E-state index in [9.17, 15) is 18.8 Å². The predicted molar refractivity (Wildman–Crippen MR) is 84.9 cm³/mol. The van der Waals surface area contributed by atoms with Gasteiger partial charge in [-0.3, -0.25) is 0 Å². The molecular formula is C17H11F2O4S-. The Morgan fingerprint density at radius 3 is 2.46 bits per heavy atom. The van der Waals surface area contributed by atoms with Gasteiger partial charge in [0.25, 0.3) is 0 Å². The standard InChI is InChI=1S/C17H12F2O4S/c18-17(19,24-23-21)16(20)22-10-11-5-6-13-8-7-12-3-1-2-4-14(12)15(13)9-11/h1-9,21H,10H2/p-1. The molecule has 7 heteroatoms. The summed E-state index contributed by atoms with van der Waals surface area (Å²) in [6, 6.07) is 17.1. The summed E-state index contributed by atoms with van der Waals surface area (Å²) in [5.41, 5.74) is 0.566. The van der Waals surface area contributed by atoms with Crippen LogP contribution in [-0.2, 0) is 20.5 Å². The highest BCUT2D eigenvalue weighted by Gasteiger charge is 2.42. The molecule has 0 aliphatic rings. The third-order valence-electron chi connectivity index (χ3n) is 3.56. The largest absolute Gasteiger partial charge is 0.710 e. The van der Waals surface area contributed by atoms with Gasteiger partial charge in [0, 0.05) is 0 Å². The number of carbonyl (C=O) groups excluding carboxylic acids is 1. The number of fused-ring (bicyclic) bond motifs is 3. The van der Waals surface area contributed by atoms with Crippen LogP contribution < -0.4 is 5.26 Å². The van der Waals surface area contributed by atoms with Gasteiger partial charge in [-0.15, -0.1) is 0 Å². The third-order valence-corrected chi connectivity index (χ3v) is 4.00. The molecule has 124 valence electrons. The minimum absolute atomic E-state index is 0.326. The Balaban J connectivity index is 1.86. The van der Waals surface area contributed by atoms with Gasteiger partial charge in [0.15, 0.2) is 0 Å². The number of benzene rings is 3. The molecule has 0 unspecified atom stereocenters. The van der Waals surface area contributed by atoms with E-state index in [1.807, 2.05) is 42.5 Å². The zero-order valence-electron chi connectivity index (χ0n) is 12.2. The summed E-state index contributed by atoms with van der Waals surface area (Å²) in [6.07, 6.45) is 0. The summed E-state index contributed by atoms with van der Waals surface area (Å²) in [4.78, 5) is 11.3. The van der Waals surface area contributed by atoms with Crippen LogP contribution in [0.15, 0.2) is 54.6 Å². The van der Waals surface area contributed by atoms with Gasteiger partial charge in [-0.1, -0.05) is 48.5 Å². The maximum absolute atomic E-state index is 13.1. The van der Waals surface area contributed by atoms with E-state index in [1.165, 1.54) is 0 Å². The van der Waals surface area contributed by atoms with Crippen LogP contribution in [0.3, 0.4) is 0 Å². The number of hydrogen-bond donors (Lipinski definition) is 0. The molecule has 0 radical (unpaired) electrons. The zero-order valence-corrected chi connectivity index (χ0v) is 13.0. The van der Waals surface area contributed by atoms with Crippen LogP contribution in [0.5, 0.6) is 0 Å². The van der Waals surface area contributed by atoms with Crippen LogP contribution in [0.25, 0.3) is 21.5 Å². The second-order valence-electron chi connectivity index (χ2n) is 5.09. The van der Waals surface area contributed by atoms with Crippen molar-refractivity contribution in [3.63, 3.8) is 0 Å². The van der Waals surface area contributed by atoms with Gasteiger partial charge < -0.3 is 14.3 Å². The van der Waals surface area contributed by atoms with Crippen LogP contribution in [0.1, 0.15) is 5.56 Å². The Bertz CT molecular complexity index is 898. The van der Waals surface area contributed by atoms with Gasteiger partial charge in [-0.05, 0) is 33.2 Å². The van der Waals surface area contributed by atoms with Gasteiger partial charge in [0.1, 0.15) is 6.61 Å². The second kappa shape index (κ2) is 6.72. The Morgan fingerprint density at radius 1 is 1.04 bits per heavy atom. The summed E-state index contributed by atoms with van der Waals surface area (Å²) in [7, 11) is 0. The zero-order chi connectivity index (χ0) is 17.2. The van der Waals surface area contributed by atoms with Crippen molar-refractivity contribution in [3.05, 3.63) is 60.2 Å². The monoisotopic (exact) mass is 349 g/mol. The SMILES string of the molecule is O=C(OCc1ccc2ccc3ccccc3c2c1)C(F)(F)SO[O-]. The maximum Gasteiger partial charge on any atom is 0.412 e. The Labute approximate surface area is 140 Å². The van der Waals surface area contributed by atoms with Crippen molar-refractivity contribution in [2.45, 2.75) is 11.9 Å². The van der Waals surface area contributed by atoms with Crippen molar-refractivity contribution < 1.29 is 27.9 Å². The van der Waals surface area contributed by atoms with E-state index in [0.29, 0.717) is 5.56 Å². The molecule has 3 rings (SSSR count). The number of alkyl halides is 2. The average Bonchev–Trinajstić information content (AvgIpc) is 2.59. The molecule has 0 N–H and O–H groups in total. The number of esters is 1. The van der Waals surface area contributed by atoms with Gasteiger partial charge in [-0.25, -0.2) is 4.79 Å². The Morgan fingerprint density at radius 2 is 1.71 bits per heavy atom. The lowest BCUT2D eigenvalue weighted by Crippen LogP contribution is -2.28. The molecule has 0 atom stereocenters. The van der Waals surface area contributed by atoms with E-state index in [-0.39, 0.29) is 6.61 Å². The van der Waals surface area contributed by atoms with Crippen LogP contribution in [0.4, 0.5) is 8.78 Å². The number of halogens is 2. The van der Waals surface area contributed by atoms with Gasteiger partial charge in [-0.2, -0.15) is 8.78 Å². The minimum atomic E-state index is -4.04. The van der Waals surface area contributed by atoms with Crippen LogP contribution in [0, 0.1) is 0 Å². The first-order valence-electron chi connectivity index (χ1n) is 6.94. The van der Waals surface area contributed by atoms with Crippen LogP contribution in [-0.4, -0.2) is 11.2 Å². The van der Waals surface area contributed by atoms with E-state index in [1.54, 1.807) is 12.1 Å². The lowest BCUT2D eigenvalue weighted by atomic mass is 10.0. The van der Waals surface area contributed by atoms with Crippen molar-refractivity contribution >= 4 is 39.6 Å². The molecule has 0 aromatic heterocycles. The highest BCUT2D eigenvalue weighted by atomic mass is 32.2. The fourth-order valence-electron chi connectivity index (χ4n) is 2.45. The van der Waals surface area contributed by atoms with E-state index in [0.717, 1.165) is 21.5 Å². The molecule has 24 heavy (non-hydrogen) atoms. The lowest BCUT2D eigenvalue weighted by Gasteiger charge is -2.15. The first-order valence-corrected chi connectivity index (χ1v) is 7.68. The molecule has 0 amide bonds. The average molecular weight is 349 g/mol. The molecule has 3 aromatic carbocycles. The third kappa shape index (κ3) is 3.33. The molecule has 0 heterocycles. The molecule has 4 nitrogen and oxygen atoms in total. The number of rotatable bonds is 5. The van der Waals surface area contributed by atoms with Crippen LogP contribution in [0.2, 0.25) is 0 Å². The maximum atomic E-state index is 13.1. The summed E-state index contributed by atoms with van der Waals surface area (Å²) < 4.78 is 33.9. The molecule has 0 saturated heterocycles. The van der Waals surface area contributed by atoms with Crippen molar-refractivity contribution in [2.24, 2.45) is 0 Å². The summed E-state index contributed by atoms with van der Waals surface area (Å²) in [6.45, 7) is -0.326. The molecule has 0 bridgehead atoms. The minimum Gasteiger partial charge on any atom is -0.710 e. The first-order chi connectivity index (χ1) is 11.5. The number of carbonyl (C=O) groups is 1. The summed E-state index contributed by atoms with van der Waals surface area (Å²) in [5, 5.41) is 9.73. The lowest BCUT2D eigenvalue weighted by molar-refractivity contribution is -0.630. The molecule has 3 aromatic rings. The molecule has 0 aliphatic heterocycles. The normalized spacial score (nSPS) is 11.8. The van der Waals surface area contributed by atoms with Crippen LogP contribution >= 0.6 is 12.0 Å². The van der Waals surface area contributed by atoms with Gasteiger partial charge >= 0.3 is 11.2 Å². The Hall–Kier alpha value is -2.22. The molecule has 0 aliphatic carbocycles. The van der Waals surface area contributed by atoms with Crippen molar-refractivity contribution in [2.75, 3.05) is 0 Å². The first kappa shape index (κ1) is 16.6. The van der Waals surface area contributed by atoms with Crippen molar-refractivity contribution in [3.8, 4) is 0 Å². The molecular weight excluding hydrogens is 338 g/mol. The van der Waals surface area contributed by atoms with E-state index >= 15 is 0 Å².